The number of halogens is 1. The van der Waals surface area contributed by atoms with Gasteiger partial charge in [-0.2, -0.15) is 0 Å². The van der Waals surface area contributed by atoms with Crippen molar-refractivity contribution >= 4 is 39.0 Å². The third-order valence-corrected chi connectivity index (χ3v) is 2.62. The number of hydrogen-bond acceptors (Lipinski definition) is 3. The van der Waals surface area contributed by atoms with Crippen LogP contribution in [-0.4, -0.2) is 5.43 Å². The van der Waals surface area contributed by atoms with Crippen molar-refractivity contribution in [2.75, 3.05) is 0 Å². The maximum Gasteiger partial charge on any atom is 0.409 e. The standard InChI is InChI=1S/C13H7ClO3/c14-13(15)16-8-5-6-12-10(7-8)9-3-1-2-4-11(9)17-12/h1-7H. The van der Waals surface area contributed by atoms with E-state index in [1.54, 1.807) is 18.2 Å². The second kappa shape index (κ2) is 3.79. The number of ether oxygens (including phenoxy) is 1. The molecule has 3 rings (SSSR count). The molecule has 0 saturated heterocycles. The quantitative estimate of drug-likeness (QED) is 0.600. The summed E-state index contributed by atoms with van der Waals surface area (Å²) >= 11 is 5.17. The Kier molecular flexibility index (Phi) is 2.27. The van der Waals surface area contributed by atoms with Crippen LogP contribution in [0.25, 0.3) is 21.9 Å². The minimum atomic E-state index is -0.850. The van der Waals surface area contributed by atoms with Crippen molar-refractivity contribution in [1.82, 2.24) is 0 Å². The molecule has 3 aromatic rings. The molecule has 0 bridgehead atoms. The number of carbonyl (C=O) groups excluding carboxylic acids is 1. The lowest BCUT2D eigenvalue weighted by atomic mass is 10.1. The molecule has 0 fully saturated rings. The third kappa shape index (κ3) is 1.74. The second-order valence-electron chi connectivity index (χ2n) is 3.60. The summed E-state index contributed by atoms with van der Waals surface area (Å²) in [6.45, 7) is 0. The van der Waals surface area contributed by atoms with Crippen LogP contribution in [0.2, 0.25) is 0 Å². The van der Waals surface area contributed by atoms with Gasteiger partial charge in [0.25, 0.3) is 0 Å². The van der Waals surface area contributed by atoms with Crippen molar-refractivity contribution < 1.29 is 13.9 Å². The summed E-state index contributed by atoms with van der Waals surface area (Å²) in [5.41, 5.74) is 0.703. The molecule has 0 aliphatic heterocycles. The normalized spacial score (nSPS) is 10.9. The number of rotatable bonds is 1. The van der Waals surface area contributed by atoms with Crippen molar-refractivity contribution in [1.29, 1.82) is 0 Å². The fourth-order valence-corrected chi connectivity index (χ4v) is 1.95. The van der Waals surface area contributed by atoms with Gasteiger partial charge in [0.15, 0.2) is 0 Å². The van der Waals surface area contributed by atoms with Gasteiger partial charge in [0, 0.05) is 22.4 Å². The maximum absolute atomic E-state index is 10.7. The molecule has 0 amide bonds. The fourth-order valence-electron chi connectivity index (χ4n) is 1.86. The Morgan fingerprint density at radius 3 is 2.65 bits per heavy atom. The molecule has 0 spiro atoms. The van der Waals surface area contributed by atoms with Gasteiger partial charge in [-0.25, -0.2) is 4.79 Å². The summed E-state index contributed by atoms with van der Waals surface area (Å²) in [5, 5.41) is 1.88. The molecule has 0 radical (unpaired) electrons. The molecular formula is C13H7ClO3. The van der Waals surface area contributed by atoms with Crippen LogP contribution in [0.4, 0.5) is 4.79 Å². The number of furan rings is 1. The van der Waals surface area contributed by atoms with Gasteiger partial charge in [0.05, 0.1) is 0 Å². The van der Waals surface area contributed by atoms with Gasteiger partial charge in [-0.3, -0.25) is 0 Å². The number of para-hydroxylation sites is 1. The summed E-state index contributed by atoms with van der Waals surface area (Å²) in [4.78, 5) is 10.7. The predicted molar refractivity (Wildman–Crippen MR) is 65.6 cm³/mol. The topological polar surface area (TPSA) is 39.4 Å². The zero-order valence-corrected chi connectivity index (χ0v) is 9.40. The molecule has 1 aromatic heterocycles. The van der Waals surface area contributed by atoms with E-state index in [4.69, 9.17) is 20.8 Å². The molecule has 0 aliphatic rings. The van der Waals surface area contributed by atoms with Crippen LogP contribution in [0.15, 0.2) is 46.9 Å². The Morgan fingerprint density at radius 1 is 1.06 bits per heavy atom. The van der Waals surface area contributed by atoms with E-state index in [2.05, 4.69) is 0 Å². The van der Waals surface area contributed by atoms with Gasteiger partial charge in [0.2, 0.25) is 0 Å². The predicted octanol–water partition coefficient (Wildman–Crippen LogP) is 4.32. The highest BCUT2D eigenvalue weighted by molar-refractivity contribution is 6.61. The van der Waals surface area contributed by atoms with E-state index in [-0.39, 0.29) is 0 Å². The number of benzene rings is 2. The third-order valence-electron chi connectivity index (χ3n) is 2.55. The van der Waals surface area contributed by atoms with Crippen molar-refractivity contribution in [3.8, 4) is 5.75 Å². The first-order chi connectivity index (χ1) is 8.24. The first-order valence-corrected chi connectivity index (χ1v) is 5.40. The summed E-state index contributed by atoms with van der Waals surface area (Å²) in [6.07, 6.45) is 0. The van der Waals surface area contributed by atoms with Crippen LogP contribution >= 0.6 is 11.6 Å². The molecule has 3 nitrogen and oxygen atoms in total. The fraction of sp³-hybridized carbons (Fsp3) is 0. The van der Waals surface area contributed by atoms with Crippen LogP contribution in [0.1, 0.15) is 0 Å². The molecule has 0 unspecified atom stereocenters. The first-order valence-electron chi connectivity index (χ1n) is 5.02. The Balaban J connectivity index is 2.26. The highest BCUT2D eigenvalue weighted by Crippen LogP contribution is 2.31. The van der Waals surface area contributed by atoms with Gasteiger partial charge >= 0.3 is 5.43 Å². The Labute approximate surface area is 102 Å². The zero-order chi connectivity index (χ0) is 11.8. The van der Waals surface area contributed by atoms with E-state index < -0.39 is 5.43 Å². The highest BCUT2D eigenvalue weighted by Gasteiger charge is 2.08. The van der Waals surface area contributed by atoms with Crippen LogP contribution < -0.4 is 4.74 Å². The molecule has 0 saturated carbocycles. The average molecular weight is 247 g/mol. The van der Waals surface area contributed by atoms with E-state index in [9.17, 15) is 4.79 Å². The van der Waals surface area contributed by atoms with E-state index in [0.29, 0.717) is 5.75 Å². The molecule has 0 atom stereocenters. The Morgan fingerprint density at radius 2 is 1.82 bits per heavy atom. The van der Waals surface area contributed by atoms with Gasteiger partial charge < -0.3 is 9.15 Å². The molecule has 0 aliphatic carbocycles. The van der Waals surface area contributed by atoms with E-state index in [0.717, 1.165) is 21.9 Å². The van der Waals surface area contributed by atoms with E-state index >= 15 is 0 Å². The minimum absolute atomic E-state index is 0.407. The smallest absolute Gasteiger partial charge is 0.409 e. The van der Waals surface area contributed by atoms with Crippen molar-refractivity contribution in [2.24, 2.45) is 0 Å². The largest absolute Gasteiger partial charge is 0.456 e. The lowest BCUT2D eigenvalue weighted by Crippen LogP contribution is -1.95. The van der Waals surface area contributed by atoms with Gasteiger partial charge in [-0.05, 0) is 24.3 Å². The van der Waals surface area contributed by atoms with Crippen molar-refractivity contribution in [3.63, 3.8) is 0 Å². The molecule has 84 valence electrons. The summed E-state index contributed by atoms with van der Waals surface area (Å²) in [5.74, 6) is 0.407. The molecule has 4 heteroatoms. The van der Waals surface area contributed by atoms with Crippen LogP contribution in [0.3, 0.4) is 0 Å². The minimum Gasteiger partial charge on any atom is -0.456 e. The molecular weight excluding hydrogens is 240 g/mol. The van der Waals surface area contributed by atoms with Gasteiger partial charge in [0.1, 0.15) is 16.9 Å². The summed E-state index contributed by atoms with van der Waals surface area (Å²) in [6, 6.07) is 12.8. The monoisotopic (exact) mass is 246 g/mol. The van der Waals surface area contributed by atoms with E-state index in [1.807, 2.05) is 24.3 Å². The van der Waals surface area contributed by atoms with Crippen LogP contribution in [-0.2, 0) is 0 Å². The SMILES string of the molecule is O=C(Cl)Oc1ccc2oc3ccccc3c2c1. The Bertz CT molecular complexity index is 715. The number of hydrogen-bond donors (Lipinski definition) is 0. The zero-order valence-electron chi connectivity index (χ0n) is 8.64. The van der Waals surface area contributed by atoms with Crippen molar-refractivity contribution in [2.45, 2.75) is 0 Å². The summed E-state index contributed by atoms with van der Waals surface area (Å²) in [7, 11) is 0. The number of carbonyl (C=O) groups is 1. The van der Waals surface area contributed by atoms with Crippen LogP contribution in [0, 0.1) is 0 Å². The lowest BCUT2D eigenvalue weighted by molar-refractivity contribution is 0.225. The maximum atomic E-state index is 10.7. The lowest BCUT2D eigenvalue weighted by Gasteiger charge is -1.98. The van der Waals surface area contributed by atoms with Gasteiger partial charge in [-0.1, -0.05) is 18.2 Å². The summed E-state index contributed by atoms with van der Waals surface area (Å²) < 4.78 is 10.5. The second-order valence-corrected chi connectivity index (χ2v) is 3.90. The van der Waals surface area contributed by atoms with Crippen LogP contribution in [0.5, 0.6) is 5.75 Å². The number of fused-ring (bicyclic) bond motifs is 3. The first kappa shape index (κ1) is 10.2. The molecule has 17 heavy (non-hydrogen) atoms. The Hall–Kier alpha value is -2.00. The molecule has 1 heterocycles. The molecule has 0 N–H and O–H groups in total. The van der Waals surface area contributed by atoms with E-state index in [1.165, 1.54) is 0 Å². The highest BCUT2D eigenvalue weighted by atomic mass is 35.5. The van der Waals surface area contributed by atoms with Crippen molar-refractivity contribution in [3.05, 3.63) is 42.5 Å². The average Bonchev–Trinajstić information content (AvgIpc) is 2.66. The molecule has 2 aromatic carbocycles. The van der Waals surface area contributed by atoms with Gasteiger partial charge in [-0.15, -0.1) is 0 Å².